The lowest BCUT2D eigenvalue weighted by Gasteiger charge is -2.09. The highest BCUT2D eigenvalue weighted by Crippen LogP contribution is 2.65. The summed E-state index contributed by atoms with van der Waals surface area (Å²) in [4.78, 5) is 0. The zero-order valence-corrected chi connectivity index (χ0v) is 7.09. The van der Waals surface area contributed by atoms with Gasteiger partial charge in [0.15, 0.2) is 0 Å². The van der Waals surface area contributed by atoms with Gasteiger partial charge in [-0.15, -0.1) is 0 Å². The van der Waals surface area contributed by atoms with E-state index in [2.05, 4.69) is 32.9 Å². The van der Waals surface area contributed by atoms with Gasteiger partial charge in [-0.05, 0) is 29.6 Å². The summed E-state index contributed by atoms with van der Waals surface area (Å²) in [5.74, 6) is 2.85. The van der Waals surface area contributed by atoms with Gasteiger partial charge in [0.2, 0.25) is 0 Å². The molecule has 2 rings (SSSR count). The fourth-order valence-corrected chi connectivity index (χ4v) is 2.84. The highest BCUT2D eigenvalue weighted by atomic mass is 14.6. The summed E-state index contributed by atoms with van der Waals surface area (Å²) in [7, 11) is 0. The van der Waals surface area contributed by atoms with Crippen LogP contribution in [-0.4, -0.2) is 0 Å². The molecule has 3 unspecified atom stereocenters. The lowest BCUT2D eigenvalue weighted by Crippen LogP contribution is -2.00. The first kappa shape index (κ1) is 6.45. The fraction of sp³-hybridized carbons (Fsp3) is 0.800. The van der Waals surface area contributed by atoms with Gasteiger partial charge in [0.25, 0.3) is 0 Å². The molecule has 56 valence electrons. The Morgan fingerprint density at radius 3 is 2.60 bits per heavy atom. The fourth-order valence-electron chi connectivity index (χ4n) is 2.84. The van der Waals surface area contributed by atoms with Gasteiger partial charge in [-0.2, -0.15) is 0 Å². The molecule has 1 fully saturated rings. The zero-order valence-electron chi connectivity index (χ0n) is 7.09. The normalized spacial score (nSPS) is 48.5. The molecule has 2 aliphatic rings. The molecule has 3 atom stereocenters. The van der Waals surface area contributed by atoms with Gasteiger partial charge in [-0.25, -0.2) is 0 Å². The van der Waals surface area contributed by atoms with Gasteiger partial charge >= 0.3 is 0 Å². The Kier molecular flexibility index (Phi) is 1.07. The van der Waals surface area contributed by atoms with E-state index < -0.39 is 0 Å². The quantitative estimate of drug-likeness (QED) is 0.449. The van der Waals surface area contributed by atoms with Gasteiger partial charge in [-0.3, -0.25) is 0 Å². The van der Waals surface area contributed by atoms with E-state index in [1.807, 2.05) is 0 Å². The SMILES string of the molecule is CC1C=CCC2C1C2(C)C. The third kappa shape index (κ3) is 0.624. The summed E-state index contributed by atoms with van der Waals surface area (Å²) in [5.41, 5.74) is 0.656. The maximum Gasteiger partial charge on any atom is -0.0225 e. The highest BCUT2D eigenvalue weighted by molar-refractivity contribution is 5.16. The minimum absolute atomic E-state index is 0.656. The molecule has 0 N–H and O–H groups in total. The maximum absolute atomic E-state index is 2.41. The van der Waals surface area contributed by atoms with Crippen molar-refractivity contribution in [1.82, 2.24) is 0 Å². The summed E-state index contributed by atoms with van der Waals surface area (Å²) < 4.78 is 0. The first-order chi connectivity index (χ1) is 4.64. The van der Waals surface area contributed by atoms with Crippen LogP contribution in [0, 0.1) is 23.2 Å². The average Bonchev–Trinajstić information content (AvgIpc) is 2.38. The Hall–Kier alpha value is -0.260. The van der Waals surface area contributed by atoms with E-state index in [1.165, 1.54) is 6.42 Å². The summed E-state index contributed by atoms with van der Waals surface area (Å²) in [6.45, 7) is 7.17. The van der Waals surface area contributed by atoms with Crippen LogP contribution >= 0.6 is 0 Å². The van der Waals surface area contributed by atoms with Crippen molar-refractivity contribution >= 4 is 0 Å². The number of fused-ring (bicyclic) bond motifs is 1. The van der Waals surface area contributed by atoms with Gasteiger partial charge < -0.3 is 0 Å². The smallest absolute Gasteiger partial charge is 0.0225 e. The largest absolute Gasteiger partial charge is 0.0880 e. The van der Waals surface area contributed by atoms with E-state index in [-0.39, 0.29) is 0 Å². The molecule has 0 aliphatic heterocycles. The molecule has 0 heterocycles. The van der Waals surface area contributed by atoms with Crippen LogP contribution in [0.5, 0.6) is 0 Å². The molecule has 0 heteroatoms. The number of hydrogen-bond donors (Lipinski definition) is 0. The van der Waals surface area contributed by atoms with Crippen molar-refractivity contribution in [3.05, 3.63) is 12.2 Å². The predicted molar refractivity (Wildman–Crippen MR) is 43.7 cm³/mol. The molecule has 0 aromatic heterocycles. The molecule has 0 amide bonds. The second kappa shape index (κ2) is 1.66. The second-order valence-electron chi connectivity index (χ2n) is 4.48. The summed E-state index contributed by atoms with van der Waals surface area (Å²) in [6, 6.07) is 0. The zero-order chi connectivity index (χ0) is 7.35. The van der Waals surface area contributed by atoms with E-state index in [0.29, 0.717) is 5.41 Å². The molecular formula is C10H16. The number of rotatable bonds is 0. The number of allylic oxidation sites excluding steroid dienone is 2. The van der Waals surface area contributed by atoms with E-state index in [1.54, 1.807) is 0 Å². The molecule has 0 bridgehead atoms. The van der Waals surface area contributed by atoms with Crippen molar-refractivity contribution in [3.63, 3.8) is 0 Å². The van der Waals surface area contributed by atoms with Crippen molar-refractivity contribution in [1.29, 1.82) is 0 Å². The first-order valence-corrected chi connectivity index (χ1v) is 4.30. The predicted octanol–water partition coefficient (Wildman–Crippen LogP) is 2.85. The van der Waals surface area contributed by atoms with Crippen LogP contribution in [0.15, 0.2) is 12.2 Å². The molecule has 0 spiro atoms. The van der Waals surface area contributed by atoms with Crippen LogP contribution in [0.2, 0.25) is 0 Å². The Bertz CT molecular complexity index is 176. The highest BCUT2D eigenvalue weighted by Gasteiger charge is 2.59. The average molecular weight is 136 g/mol. The standard InChI is InChI=1S/C10H16/c1-7-5-4-6-8-9(7)10(8,2)3/h4-5,7-9H,6H2,1-3H3. The maximum atomic E-state index is 2.41. The molecule has 0 aromatic rings. The molecule has 2 aliphatic carbocycles. The van der Waals surface area contributed by atoms with Gasteiger partial charge in [0.05, 0.1) is 0 Å². The van der Waals surface area contributed by atoms with E-state index in [0.717, 1.165) is 17.8 Å². The van der Waals surface area contributed by atoms with Crippen LogP contribution in [0.1, 0.15) is 27.2 Å². The van der Waals surface area contributed by atoms with Crippen LogP contribution in [0.25, 0.3) is 0 Å². The Labute approximate surface area is 63.3 Å². The molecule has 10 heavy (non-hydrogen) atoms. The van der Waals surface area contributed by atoms with Crippen LogP contribution in [0.4, 0.5) is 0 Å². The lowest BCUT2D eigenvalue weighted by atomic mass is 9.97. The Morgan fingerprint density at radius 1 is 1.40 bits per heavy atom. The third-order valence-electron chi connectivity index (χ3n) is 3.54. The van der Waals surface area contributed by atoms with Crippen LogP contribution < -0.4 is 0 Å². The second-order valence-corrected chi connectivity index (χ2v) is 4.48. The van der Waals surface area contributed by atoms with Crippen molar-refractivity contribution in [2.24, 2.45) is 23.2 Å². The molecule has 0 radical (unpaired) electrons. The molecular weight excluding hydrogens is 120 g/mol. The first-order valence-electron chi connectivity index (χ1n) is 4.30. The number of hydrogen-bond acceptors (Lipinski definition) is 0. The monoisotopic (exact) mass is 136 g/mol. The van der Waals surface area contributed by atoms with Crippen molar-refractivity contribution in [2.45, 2.75) is 27.2 Å². The van der Waals surface area contributed by atoms with Gasteiger partial charge in [0.1, 0.15) is 0 Å². The van der Waals surface area contributed by atoms with Crippen LogP contribution in [-0.2, 0) is 0 Å². The minimum atomic E-state index is 0.656. The summed E-state index contributed by atoms with van der Waals surface area (Å²) in [6.07, 6.45) is 6.08. The van der Waals surface area contributed by atoms with Crippen molar-refractivity contribution in [3.8, 4) is 0 Å². The molecule has 1 saturated carbocycles. The lowest BCUT2D eigenvalue weighted by molar-refractivity contribution is 0.484. The molecule has 0 aromatic carbocycles. The van der Waals surface area contributed by atoms with Crippen molar-refractivity contribution in [2.75, 3.05) is 0 Å². The van der Waals surface area contributed by atoms with E-state index in [9.17, 15) is 0 Å². The Balaban J connectivity index is 2.19. The third-order valence-corrected chi connectivity index (χ3v) is 3.54. The molecule has 0 nitrogen and oxygen atoms in total. The van der Waals surface area contributed by atoms with Crippen LogP contribution in [0.3, 0.4) is 0 Å². The summed E-state index contributed by atoms with van der Waals surface area (Å²) in [5, 5.41) is 0. The topological polar surface area (TPSA) is 0 Å². The molecule has 0 saturated heterocycles. The summed E-state index contributed by atoms with van der Waals surface area (Å²) >= 11 is 0. The minimum Gasteiger partial charge on any atom is -0.0880 e. The van der Waals surface area contributed by atoms with Gasteiger partial charge in [-0.1, -0.05) is 32.9 Å². The Morgan fingerprint density at radius 2 is 2.10 bits per heavy atom. The van der Waals surface area contributed by atoms with E-state index >= 15 is 0 Å². The van der Waals surface area contributed by atoms with E-state index in [4.69, 9.17) is 0 Å². The van der Waals surface area contributed by atoms with Gasteiger partial charge in [0, 0.05) is 0 Å². The van der Waals surface area contributed by atoms with Crippen molar-refractivity contribution < 1.29 is 0 Å².